The molecule has 0 amide bonds. The van der Waals surface area contributed by atoms with Gasteiger partial charge in [-0.1, -0.05) is 20.3 Å². The third-order valence-corrected chi connectivity index (χ3v) is 6.85. The van der Waals surface area contributed by atoms with Crippen molar-refractivity contribution in [1.29, 1.82) is 0 Å². The van der Waals surface area contributed by atoms with Crippen molar-refractivity contribution in [2.75, 3.05) is 12.9 Å². The normalized spacial score (nSPS) is 37.4. The van der Waals surface area contributed by atoms with Crippen LogP contribution in [0.5, 0.6) is 0 Å². The maximum absolute atomic E-state index is 11.7. The van der Waals surface area contributed by atoms with E-state index < -0.39 is 9.84 Å². The number of hydrogen-bond acceptors (Lipinski definition) is 4. The first-order valence-corrected chi connectivity index (χ1v) is 9.77. The van der Waals surface area contributed by atoms with Crippen molar-refractivity contribution in [1.82, 2.24) is 5.32 Å². The Morgan fingerprint density at radius 2 is 1.95 bits per heavy atom. The van der Waals surface area contributed by atoms with Crippen molar-refractivity contribution < 1.29 is 13.2 Å². The zero-order valence-corrected chi connectivity index (χ0v) is 14.0. The molecule has 0 aromatic carbocycles. The summed E-state index contributed by atoms with van der Waals surface area (Å²) in [5, 5.41) is 3.54. The molecule has 2 saturated carbocycles. The molecule has 0 bridgehead atoms. The Hall–Kier alpha value is -0.130. The Balaban J connectivity index is 1.88. The van der Waals surface area contributed by atoms with Gasteiger partial charge < -0.3 is 10.1 Å². The predicted molar refractivity (Wildman–Crippen MR) is 81.6 cm³/mol. The maximum atomic E-state index is 11.7. The van der Waals surface area contributed by atoms with Crippen LogP contribution in [0.25, 0.3) is 0 Å². The van der Waals surface area contributed by atoms with Gasteiger partial charge in [0.25, 0.3) is 0 Å². The smallest absolute Gasteiger partial charge is 0.150 e. The predicted octanol–water partition coefficient (Wildman–Crippen LogP) is 2.14. The molecule has 2 aliphatic rings. The molecule has 0 heterocycles. The molecule has 5 heteroatoms. The van der Waals surface area contributed by atoms with Crippen LogP contribution in [0, 0.1) is 5.41 Å². The van der Waals surface area contributed by atoms with Crippen molar-refractivity contribution in [2.24, 2.45) is 5.41 Å². The SMILES string of the molecule is CCOC1CC(NC2CCCC(S(C)(=O)=O)C2)C1(C)C. The molecule has 0 spiro atoms. The van der Waals surface area contributed by atoms with E-state index in [4.69, 9.17) is 4.74 Å². The number of ether oxygens (including phenoxy) is 1. The summed E-state index contributed by atoms with van der Waals surface area (Å²) in [7, 11) is -2.90. The molecule has 4 nitrogen and oxygen atoms in total. The van der Waals surface area contributed by atoms with Gasteiger partial charge in [-0.15, -0.1) is 0 Å². The second kappa shape index (κ2) is 5.93. The van der Waals surface area contributed by atoms with E-state index in [0.717, 1.165) is 38.7 Å². The minimum Gasteiger partial charge on any atom is -0.378 e. The molecule has 118 valence electrons. The van der Waals surface area contributed by atoms with Crippen LogP contribution < -0.4 is 5.32 Å². The molecule has 4 unspecified atom stereocenters. The average molecular weight is 303 g/mol. The first-order chi connectivity index (χ1) is 9.25. The molecule has 2 fully saturated rings. The lowest BCUT2D eigenvalue weighted by Crippen LogP contribution is -2.63. The first-order valence-electron chi connectivity index (χ1n) is 7.81. The number of sulfone groups is 1. The zero-order chi connectivity index (χ0) is 15.0. The summed E-state index contributed by atoms with van der Waals surface area (Å²) >= 11 is 0. The third kappa shape index (κ3) is 3.37. The van der Waals surface area contributed by atoms with E-state index in [1.54, 1.807) is 0 Å². The summed E-state index contributed by atoms with van der Waals surface area (Å²) in [4.78, 5) is 0. The lowest BCUT2D eigenvalue weighted by atomic mass is 9.64. The molecular formula is C15H29NO3S. The lowest BCUT2D eigenvalue weighted by molar-refractivity contribution is -0.117. The fraction of sp³-hybridized carbons (Fsp3) is 1.00. The maximum Gasteiger partial charge on any atom is 0.150 e. The Morgan fingerprint density at radius 3 is 2.50 bits per heavy atom. The second-order valence-electron chi connectivity index (χ2n) is 7.04. The van der Waals surface area contributed by atoms with Crippen LogP contribution in [0.15, 0.2) is 0 Å². The van der Waals surface area contributed by atoms with E-state index in [1.807, 2.05) is 6.92 Å². The fourth-order valence-electron chi connectivity index (χ4n) is 3.62. The number of nitrogens with one attached hydrogen (secondary N) is 1. The monoisotopic (exact) mass is 303 g/mol. The Kier molecular flexibility index (Phi) is 4.82. The van der Waals surface area contributed by atoms with Gasteiger partial charge in [-0.3, -0.25) is 0 Å². The summed E-state index contributed by atoms with van der Waals surface area (Å²) in [6, 6.07) is 0.790. The molecule has 1 N–H and O–H groups in total. The van der Waals surface area contributed by atoms with Gasteiger partial charge >= 0.3 is 0 Å². The molecule has 4 atom stereocenters. The van der Waals surface area contributed by atoms with Gasteiger partial charge in [0.15, 0.2) is 0 Å². The standard InChI is InChI=1S/C15H29NO3S/c1-5-19-14-10-13(15(14,2)3)16-11-7-6-8-12(9-11)20(4,17)18/h11-14,16H,5-10H2,1-4H3. The van der Waals surface area contributed by atoms with Gasteiger partial charge in [0.2, 0.25) is 0 Å². The van der Waals surface area contributed by atoms with Crippen LogP contribution in [0.3, 0.4) is 0 Å². The van der Waals surface area contributed by atoms with Gasteiger partial charge in [-0.2, -0.15) is 0 Å². The highest BCUT2D eigenvalue weighted by atomic mass is 32.2. The fourth-order valence-corrected chi connectivity index (χ4v) is 4.80. The zero-order valence-electron chi connectivity index (χ0n) is 13.2. The summed E-state index contributed by atoms with van der Waals surface area (Å²) in [6.07, 6.45) is 6.45. The van der Waals surface area contributed by atoms with Crippen molar-refractivity contribution in [2.45, 2.75) is 76.3 Å². The summed E-state index contributed by atoms with van der Waals surface area (Å²) in [6.45, 7) is 7.28. The van der Waals surface area contributed by atoms with Gasteiger partial charge in [-0.05, 0) is 32.6 Å². The Labute approximate surface area is 123 Å². The molecule has 20 heavy (non-hydrogen) atoms. The van der Waals surface area contributed by atoms with E-state index in [0.29, 0.717) is 18.2 Å². The minimum atomic E-state index is -2.90. The van der Waals surface area contributed by atoms with Crippen LogP contribution in [0.4, 0.5) is 0 Å². The van der Waals surface area contributed by atoms with Crippen LogP contribution in [0.1, 0.15) is 52.9 Å². The van der Waals surface area contributed by atoms with E-state index in [9.17, 15) is 8.42 Å². The van der Waals surface area contributed by atoms with Crippen molar-refractivity contribution in [3.63, 3.8) is 0 Å². The Bertz CT molecular complexity index is 432. The van der Waals surface area contributed by atoms with Gasteiger partial charge in [0.05, 0.1) is 11.4 Å². The molecule has 2 rings (SSSR count). The largest absolute Gasteiger partial charge is 0.378 e. The molecule has 0 saturated heterocycles. The molecule has 0 aromatic heterocycles. The van der Waals surface area contributed by atoms with Gasteiger partial charge in [0, 0.05) is 30.4 Å². The van der Waals surface area contributed by atoms with Crippen LogP contribution >= 0.6 is 0 Å². The van der Waals surface area contributed by atoms with E-state index >= 15 is 0 Å². The van der Waals surface area contributed by atoms with Crippen LogP contribution in [-0.4, -0.2) is 44.7 Å². The first kappa shape index (κ1) is 16.2. The molecule has 0 aromatic rings. The highest BCUT2D eigenvalue weighted by Crippen LogP contribution is 2.43. The minimum absolute atomic E-state index is 0.147. The molecule has 2 aliphatic carbocycles. The number of hydrogen-bond donors (Lipinski definition) is 1. The molecular weight excluding hydrogens is 274 g/mol. The second-order valence-corrected chi connectivity index (χ2v) is 9.36. The lowest BCUT2D eigenvalue weighted by Gasteiger charge is -2.53. The third-order valence-electron chi connectivity index (χ3n) is 5.21. The van der Waals surface area contributed by atoms with Crippen molar-refractivity contribution in [3.05, 3.63) is 0 Å². The van der Waals surface area contributed by atoms with Crippen LogP contribution in [0.2, 0.25) is 0 Å². The number of rotatable bonds is 5. The Morgan fingerprint density at radius 1 is 1.25 bits per heavy atom. The van der Waals surface area contributed by atoms with E-state index in [1.165, 1.54) is 6.26 Å². The molecule has 0 aliphatic heterocycles. The summed E-state index contributed by atoms with van der Waals surface area (Å²) in [5.74, 6) is 0. The summed E-state index contributed by atoms with van der Waals surface area (Å²) in [5.41, 5.74) is 0.147. The van der Waals surface area contributed by atoms with Gasteiger partial charge in [0.1, 0.15) is 9.84 Å². The molecule has 0 radical (unpaired) electrons. The van der Waals surface area contributed by atoms with Crippen molar-refractivity contribution in [3.8, 4) is 0 Å². The van der Waals surface area contributed by atoms with Crippen LogP contribution in [-0.2, 0) is 14.6 Å². The van der Waals surface area contributed by atoms with E-state index in [2.05, 4.69) is 19.2 Å². The van der Waals surface area contributed by atoms with Gasteiger partial charge in [-0.25, -0.2) is 8.42 Å². The highest BCUT2D eigenvalue weighted by molar-refractivity contribution is 7.91. The van der Waals surface area contributed by atoms with E-state index in [-0.39, 0.29) is 10.7 Å². The summed E-state index contributed by atoms with van der Waals surface area (Å²) < 4.78 is 29.2. The quantitative estimate of drug-likeness (QED) is 0.845. The topological polar surface area (TPSA) is 55.4 Å². The average Bonchev–Trinajstić information content (AvgIpc) is 2.37. The highest BCUT2D eigenvalue weighted by Gasteiger charge is 2.49. The van der Waals surface area contributed by atoms with Crippen molar-refractivity contribution >= 4 is 9.84 Å².